The first-order valence-corrected chi connectivity index (χ1v) is 6.40. The molecule has 0 saturated carbocycles. The average molecular weight is 300 g/mol. The van der Waals surface area contributed by atoms with Gasteiger partial charge in [0.25, 0.3) is 0 Å². The van der Waals surface area contributed by atoms with Crippen LogP contribution in [-0.4, -0.2) is 6.18 Å². The molecule has 0 saturated heterocycles. The van der Waals surface area contributed by atoms with Crippen molar-refractivity contribution in [2.45, 2.75) is 19.1 Å². The van der Waals surface area contributed by atoms with E-state index in [1.165, 1.54) is 18.2 Å². The van der Waals surface area contributed by atoms with E-state index in [0.29, 0.717) is 10.7 Å². The van der Waals surface area contributed by atoms with Crippen LogP contribution in [0.5, 0.6) is 0 Å². The smallest absolute Gasteiger partial charge is 0.370 e. The van der Waals surface area contributed by atoms with Gasteiger partial charge in [-0.25, -0.2) is 0 Å². The Labute approximate surface area is 120 Å². The molecule has 5 heteroatoms. The highest BCUT2D eigenvalue weighted by Crippen LogP contribution is 2.36. The van der Waals surface area contributed by atoms with Gasteiger partial charge in [0, 0.05) is 10.7 Å². The third-order valence-electron chi connectivity index (χ3n) is 2.94. The lowest BCUT2D eigenvalue weighted by molar-refractivity contribution is -0.144. The largest absolute Gasteiger partial charge is 0.412 e. The summed E-state index contributed by atoms with van der Waals surface area (Å²) in [5, 5.41) is 2.93. The summed E-state index contributed by atoms with van der Waals surface area (Å²) < 4.78 is 39.5. The first-order valence-electron chi connectivity index (χ1n) is 6.02. The van der Waals surface area contributed by atoms with Crippen molar-refractivity contribution in [2.75, 3.05) is 5.32 Å². The van der Waals surface area contributed by atoms with Crippen molar-refractivity contribution in [2.24, 2.45) is 0 Å². The minimum Gasteiger partial charge on any atom is -0.370 e. The minimum atomic E-state index is -4.39. The fraction of sp³-hybridized carbons (Fsp3) is 0.200. The fourth-order valence-corrected chi connectivity index (χ4v) is 2.03. The molecule has 20 heavy (non-hydrogen) atoms. The van der Waals surface area contributed by atoms with Gasteiger partial charge in [-0.3, -0.25) is 0 Å². The van der Waals surface area contributed by atoms with Crippen LogP contribution in [0.3, 0.4) is 0 Å². The molecule has 0 aliphatic carbocycles. The summed E-state index contributed by atoms with van der Waals surface area (Å²) in [4.78, 5) is 0. The van der Waals surface area contributed by atoms with Gasteiger partial charge in [-0.1, -0.05) is 48.0 Å². The number of hydrogen-bond acceptors (Lipinski definition) is 1. The average Bonchev–Trinajstić information content (AvgIpc) is 2.39. The highest BCUT2D eigenvalue weighted by atomic mass is 35.5. The van der Waals surface area contributed by atoms with Gasteiger partial charge in [-0.2, -0.15) is 13.2 Å². The van der Waals surface area contributed by atoms with Gasteiger partial charge in [0.05, 0.1) is 0 Å². The molecule has 0 fully saturated rings. The molecule has 0 spiro atoms. The predicted molar refractivity (Wildman–Crippen MR) is 75.0 cm³/mol. The zero-order chi connectivity index (χ0) is 14.8. The van der Waals surface area contributed by atoms with Gasteiger partial charge in [0.2, 0.25) is 0 Å². The van der Waals surface area contributed by atoms with Crippen LogP contribution in [0.4, 0.5) is 18.9 Å². The fourth-order valence-electron chi connectivity index (χ4n) is 1.85. The number of alkyl halides is 3. The Morgan fingerprint density at radius 1 is 1.05 bits per heavy atom. The van der Waals surface area contributed by atoms with Crippen LogP contribution in [0.1, 0.15) is 17.2 Å². The summed E-state index contributed by atoms with van der Waals surface area (Å²) in [5.74, 6) is 0. The predicted octanol–water partition coefficient (Wildman–Crippen LogP) is 5.36. The molecule has 0 radical (unpaired) electrons. The molecule has 1 N–H and O–H groups in total. The van der Waals surface area contributed by atoms with Crippen molar-refractivity contribution >= 4 is 17.3 Å². The van der Waals surface area contributed by atoms with Crippen molar-refractivity contribution in [3.8, 4) is 0 Å². The Bertz CT molecular complexity index is 581. The van der Waals surface area contributed by atoms with Crippen molar-refractivity contribution in [3.63, 3.8) is 0 Å². The summed E-state index contributed by atoms with van der Waals surface area (Å²) in [7, 11) is 0. The van der Waals surface area contributed by atoms with Crippen LogP contribution >= 0.6 is 11.6 Å². The van der Waals surface area contributed by atoms with Crippen LogP contribution in [0, 0.1) is 6.92 Å². The molecule has 0 aromatic heterocycles. The second-order valence-corrected chi connectivity index (χ2v) is 4.90. The molecule has 106 valence electrons. The van der Waals surface area contributed by atoms with E-state index >= 15 is 0 Å². The summed E-state index contributed by atoms with van der Waals surface area (Å²) in [5.41, 5.74) is 1.32. The van der Waals surface area contributed by atoms with E-state index in [-0.39, 0.29) is 5.56 Å². The van der Waals surface area contributed by atoms with Gasteiger partial charge in [-0.15, -0.1) is 0 Å². The summed E-state index contributed by atoms with van der Waals surface area (Å²) in [6.07, 6.45) is -4.39. The van der Waals surface area contributed by atoms with Crippen molar-refractivity contribution in [1.29, 1.82) is 0 Å². The van der Waals surface area contributed by atoms with Gasteiger partial charge < -0.3 is 5.32 Å². The van der Waals surface area contributed by atoms with Crippen molar-refractivity contribution in [3.05, 3.63) is 64.7 Å². The molecule has 2 aromatic carbocycles. The van der Waals surface area contributed by atoms with Crippen LogP contribution in [0.2, 0.25) is 5.02 Å². The lowest BCUT2D eigenvalue weighted by Crippen LogP contribution is -2.27. The van der Waals surface area contributed by atoms with E-state index in [0.717, 1.165) is 5.56 Å². The molecule has 2 aromatic rings. The van der Waals surface area contributed by atoms with Crippen molar-refractivity contribution in [1.82, 2.24) is 0 Å². The van der Waals surface area contributed by atoms with E-state index in [2.05, 4.69) is 5.32 Å². The second-order valence-electron chi connectivity index (χ2n) is 4.49. The molecule has 0 bridgehead atoms. The molecule has 2 rings (SSSR count). The number of halogens is 4. The van der Waals surface area contributed by atoms with E-state index in [9.17, 15) is 13.2 Å². The highest BCUT2D eigenvalue weighted by molar-refractivity contribution is 6.31. The van der Waals surface area contributed by atoms with Gasteiger partial charge in [0.15, 0.2) is 0 Å². The number of rotatable bonds is 3. The number of hydrogen-bond donors (Lipinski definition) is 1. The number of nitrogens with one attached hydrogen (secondary N) is 1. The quantitative estimate of drug-likeness (QED) is 0.804. The van der Waals surface area contributed by atoms with E-state index in [1.54, 1.807) is 37.3 Å². The summed E-state index contributed by atoms with van der Waals surface area (Å²) >= 11 is 5.94. The maximum atomic E-state index is 13.2. The van der Waals surface area contributed by atoms with Gasteiger partial charge in [-0.05, 0) is 30.2 Å². The second kappa shape index (κ2) is 5.75. The minimum absolute atomic E-state index is 0.164. The summed E-state index contributed by atoms with van der Waals surface area (Å²) in [6, 6.07) is 10.7. The lowest BCUT2D eigenvalue weighted by atomic mass is 10.1. The topological polar surface area (TPSA) is 12.0 Å². The van der Waals surface area contributed by atoms with E-state index < -0.39 is 12.2 Å². The zero-order valence-electron chi connectivity index (χ0n) is 10.7. The Balaban J connectivity index is 2.31. The Kier molecular flexibility index (Phi) is 4.23. The lowest BCUT2D eigenvalue weighted by Gasteiger charge is -2.23. The van der Waals surface area contributed by atoms with E-state index in [1.807, 2.05) is 0 Å². The molecule has 1 nitrogen and oxygen atoms in total. The van der Waals surface area contributed by atoms with Crippen LogP contribution in [-0.2, 0) is 0 Å². The maximum Gasteiger partial charge on any atom is 0.412 e. The molecule has 0 amide bonds. The normalized spacial score (nSPS) is 13.1. The molecule has 1 atom stereocenters. The Hall–Kier alpha value is -1.68. The Morgan fingerprint density at radius 2 is 1.70 bits per heavy atom. The molecule has 0 heterocycles. The Morgan fingerprint density at radius 3 is 2.25 bits per heavy atom. The van der Waals surface area contributed by atoms with Gasteiger partial charge >= 0.3 is 6.18 Å². The molecular formula is C15H13ClF3N. The molecule has 0 aliphatic rings. The number of benzene rings is 2. The molecule has 0 aliphatic heterocycles. The van der Waals surface area contributed by atoms with E-state index in [4.69, 9.17) is 11.6 Å². The maximum absolute atomic E-state index is 13.2. The standard InChI is InChI=1S/C15H13ClF3N/c1-10-7-8-12(9-13(10)16)20-14(15(17,18)19)11-5-3-2-4-6-11/h2-9,14,20H,1H3. The third kappa shape index (κ3) is 3.45. The van der Waals surface area contributed by atoms with Crippen LogP contribution < -0.4 is 5.32 Å². The molecular weight excluding hydrogens is 287 g/mol. The zero-order valence-corrected chi connectivity index (χ0v) is 11.5. The SMILES string of the molecule is Cc1ccc(NC(c2ccccc2)C(F)(F)F)cc1Cl. The van der Waals surface area contributed by atoms with Crippen molar-refractivity contribution < 1.29 is 13.2 Å². The van der Waals surface area contributed by atoms with Gasteiger partial charge in [0.1, 0.15) is 6.04 Å². The monoisotopic (exact) mass is 299 g/mol. The third-order valence-corrected chi connectivity index (χ3v) is 3.35. The van der Waals surface area contributed by atoms with Crippen LogP contribution in [0.25, 0.3) is 0 Å². The summed E-state index contributed by atoms with van der Waals surface area (Å²) in [6.45, 7) is 1.80. The number of anilines is 1. The first kappa shape index (κ1) is 14.7. The molecule has 1 unspecified atom stereocenters. The number of aryl methyl sites for hydroxylation is 1. The van der Waals surface area contributed by atoms with Crippen LogP contribution in [0.15, 0.2) is 48.5 Å². The first-order chi connectivity index (χ1) is 9.38. The highest BCUT2D eigenvalue weighted by Gasteiger charge is 2.40.